The van der Waals surface area contributed by atoms with E-state index in [0.29, 0.717) is 12.3 Å². The quantitative estimate of drug-likeness (QED) is 0.360. The number of aliphatic imine (C=N–C) groups is 1. The summed E-state index contributed by atoms with van der Waals surface area (Å²) in [6.45, 7) is 6.96. The molecule has 0 bridgehead atoms. The average molecular weight is 401 g/mol. The second-order valence-electron chi connectivity index (χ2n) is 7.83. The third-order valence-electron chi connectivity index (χ3n) is 5.62. The molecule has 1 unspecified atom stereocenters. The molecule has 29 heavy (non-hydrogen) atoms. The lowest BCUT2D eigenvalue weighted by Crippen LogP contribution is -2.38. The molecule has 1 heterocycles. The number of carbonyl (C=O) groups is 1. The van der Waals surface area contributed by atoms with E-state index in [9.17, 15) is 4.79 Å². The number of rotatable bonds is 10. The van der Waals surface area contributed by atoms with E-state index in [-0.39, 0.29) is 6.10 Å². The van der Waals surface area contributed by atoms with Gasteiger partial charge in [-0.05, 0) is 56.6 Å². The van der Waals surface area contributed by atoms with Gasteiger partial charge in [0.2, 0.25) is 5.91 Å². The number of fused-ring (bicyclic) bond motifs is 1. The fraction of sp³-hybridized carbons (Fsp3) is 0.652. The van der Waals surface area contributed by atoms with Crippen molar-refractivity contribution in [2.75, 3.05) is 39.3 Å². The SMILES string of the molecule is CCNC(=NCCCN1CCCC1=O)NCCCOC1CCCc2ccccc21. The highest BCUT2D eigenvalue weighted by atomic mass is 16.5. The second-order valence-corrected chi connectivity index (χ2v) is 7.83. The van der Waals surface area contributed by atoms with Crippen LogP contribution in [0.15, 0.2) is 29.3 Å². The maximum absolute atomic E-state index is 11.6. The number of aryl methyl sites for hydroxylation is 1. The van der Waals surface area contributed by atoms with E-state index in [2.05, 4.69) is 46.8 Å². The molecule has 0 spiro atoms. The summed E-state index contributed by atoms with van der Waals surface area (Å²) in [6.07, 6.45) is 7.32. The number of nitrogens with zero attached hydrogens (tertiary/aromatic N) is 2. The first kappa shape index (κ1) is 21.6. The van der Waals surface area contributed by atoms with E-state index in [1.54, 1.807) is 0 Å². The van der Waals surface area contributed by atoms with Crippen LogP contribution in [-0.2, 0) is 16.0 Å². The van der Waals surface area contributed by atoms with Crippen molar-refractivity contribution in [1.29, 1.82) is 0 Å². The Labute approximate surface area is 175 Å². The third kappa shape index (κ3) is 6.74. The molecule has 1 atom stereocenters. The molecule has 6 heteroatoms. The number of nitrogens with one attached hydrogen (secondary N) is 2. The van der Waals surface area contributed by atoms with E-state index in [0.717, 1.165) is 71.0 Å². The number of guanidine groups is 1. The summed E-state index contributed by atoms with van der Waals surface area (Å²) < 4.78 is 6.18. The Morgan fingerprint density at radius 1 is 1.21 bits per heavy atom. The minimum Gasteiger partial charge on any atom is -0.373 e. The van der Waals surface area contributed by atoms with Crippen LogP contribution >= 0.6 is 0 Å². The van der Waals surface area contributed by atoms with Crippen LogP contribution in [0.1, 0.15) is 62.7 Å². The molecule has 1 amide bonds. The van der Waals surface area contributed by atoms with Gasteiger partial charge in [-0.15, -0.1) is 0 Å². The zero-order valence-electron chi connectivity index (χ0n) is 17.8. The van der Waals surface area contributed by atoms with Crippen molar-refractivity contribution in [3.63, 3.8) is 0 Å². The van der Waals surface area contributed by atoms with Crippen LogP contribution < -0.4 is 10.6 Å². The predicted molar refractivity (Wildman–Crippen MR) is 117 cm³/mol. The van der Waals surface area contributed by atoms with E-state index in [1.807, 2.05) is 4.90 Å². The van der Waals surface area contributed by atoms with Crippen molar-refractivity contribution < 1.29 is 9.53 Å². The molecular formula is C23H36N4O2. The molecule has 2 N–H and O–H groups in total. The number of hydrogen-bond acceptors (Lipinski definition) is 3. The largest absolute Gasteiger partial charge is 0.373 e. The Kier molecular flexibility index (Phi) is 8.81. The first-order valence-corrected chi connectivity index (χ1v) is 11.3. The summed E-state index contributed by atoms with van der Waals surface area (Å²) in [4.78, 5) is 18.2. The summed E-state index contributed by atoms with van der Waals surface area (Å²) in [6, 6.07) is 8.67. The van der Waals surface area contributed by atoms with E-state index in [1.165, 1.54) is 24.0 Å². The van der Waals surface area contributed by atoms with Crippen molar-refractivity contribution in [3.8, 4) is 0 Å². The van der Waals surface area contributed by atoms with E-state index < -0.39 is 0 Å². The number of amides is 1. The standard InChI is InChI=1S/C23H36N4O2/c1-2-24-23(25-14-7-17-27-16-6-13-22(27)28)26-15-8-18-29-21-12-5-10-19-9-3-4-11-20(19)21/h3-4,9,11,21H,2,5-8,10,12-18H2,1H3,(H2,24,25,26). The minimum atomic E-state index is 0.246. The molecule has 0 saturated carbocycles. The maximum Gasteiger partial charge on any atom is 0.222 e. The molecule has 3 rings (SSSR count). The van der Waals surface area contributed by atoms with Crippen LogP contribution in [0, 0.1) is 0 Å². The summed E-state index contributed by atoms with van der Waals surface area (Å²) in [5, 5.41) is 6.68. The summed E-state index contributed by atoms with van der Waals surface area (Å²) in [7, 11) is 0. The molecule has 1 aromatic carbocycles. The van der Waals surface area contributed by atoms with Gasteiger partial charge >= 0.3 is 0 Å². The van der Waals surface area contributed by atoms with Crippen molar-refractivity contribution >= 4 is 11.9 Å². The molecule has 1 aromatic rings. The van der Waals surface area contributed by atoms with Crippen molar-refractivity contribution in [2.45, 2.75) is 58.0 Å². The number of benzene rings is 1. The first-order valence-electron chi connectivity index (χ1n) is 11.3. The first-order chi connectivity index (χ1) is 14.3. The highest BCUT2D eigenvalue weighted by molar-refractivity contribution is 5.79. The highest BCUT2D eigenvalue weighted by Gasteiger charge is 2.20. The molecule has 1 aliphatic carbocycles. The van der Waals surface area contributed by atoms with Gasteiger partial charge in [-0.25, -0.2) is 0 Å². The van der Waals surface area contributed by atoms with Crippen molar-refractivity contribution in [1.82, 2.24) is 15.5 Å². The smallest absolute Gasteiger partial charge is 0.222 e. The van der Waals surface area contributed by atoms with Crippen LogP contribution in [0.5, 0.6) is 0 Å². The fourth-order valence-electron chi connectivity index (χ4n) is 4.12. The van der Waals surface area contributed by atoms with Gasteiger partial charge in [0.15, 0.2) is 5.96 Å². The Hall–Kier alpha value is -2.08. The molecule has 1 fully saturated rings. The number of carbonyl (C=O) groups excluding carboxylic acids is 1. The van der Waals surface area contributed by atoms with Gasteiger partial charge in [-0.1, -0.05) is 24.3 Å². The molecule has 1 aliphatic heterocycles. The Balaban J connectivity index is 1.32. The lowest BCUT2D eigenvalue weighted by molar-refractivity contribution is -0.127. The Morgan fingerprint density at radius 2 is 2.10 bits per heavy atom. The normalized spacial score (nSPS) is 19.3. The molecule has 160 valence electrons. The van der Waals surface area contributed by atoms with Crippen LogP contribution in [-0.4, -0.2) is 56.1 Å². The van der Waals surface area contributed by atoms with Crippen LogP contribution in [0.3, 0.4) is 0 Å². The van der Waals surface area contributed by atoms with Gasteiger partial charge < -0.3 is 20.3 Å². The van der Waals surface area contributed by atoms with Crippen LogP contribution in [0.25, 0.3) is 0 Å². The zero-order valence-corrected chi connectivity index (χ0v) is 17.8. The van der Waals surface area contributed by atoms with Gasteiger partial charge in [0.25, 0.3) is 0 Å². The maximum atomic E-state index is 11.6. The number of hydrogen-bond donors (Lipinski definition) is 2. The van der Waals surface area contributed by atoms with Gasteiger partial charge in [0.1, 0.15) is 0 Å². The van der Waals surface area contributed by atoms with E-state index in [4.69, 9.17) is 4.74 Å². The van der Waals surface area contributed by atoms with E-state index >= 15 is 0 Å². The molecule has 0 radical (unpaired) electrons. The zero-order chi connectivity index (χ0) is 20.3. The molecule has 6 nitrogen and oxygen atoms in total. The monoisotopic (exact) mass is 400 g/mol. The third-order valence-corrected chi connectivity index (χ3v) is 5.62. The van der Waals surface area contributed by atoms with Gasteiger partial charge in [0.05, 0.1) is 6.10 Å². The van der Waals surface area contributed by atoms with Crippen molar-refractivity contribution in [2.24, 2.45) is 4.99 Å². The Bertz CT molecular complexity index is 677. The van der Waals surface area contributed by atoms with Crippen LogP contribution in [0.2, 0.25) is 0 Å². The van der Waals surface area contributed by atoms with Crippen molar-refractivity contribution in [3.05, 3.63) is 35.4 Å². The van der Waals surface area contributed by atoms with Gasteiger partial charge in [-0.2, -0.15) is 0 Å². The van der Waals surface area contributed by atoms with Crippen LogP contribution in [0.4, 0.5) is 0 Å². The number of ether oxygens (including phenoxy) is 1. The predicted octanol–water partition coefficient (Wildman–Crippen LogP) is 3.04. The average Bonchev–Trinajstić information content (AvgIpc) is 3.15. The summed E-state index contributed by atoms with van der Waals surface area (Å²) in [5.41, 5.74) is 2.82. The molecule has 1 saturated heterocycles. The molecule has 2 aliphatic rings. The minimum absolute atomic E-state index is 0.246. The topological polar surface area (TPSA) is 66.0 Å². The second kappa shape index (κ2) is 11.8. The molecular weight excluding hydrogens is 364 g/mol. The van der Waals surface area contributed by atoms with Gasteiger partial charge in [0, 0.05) is 45.8 Å². The Morgan fingerprint density at radius 3 is 2.93 bits per heavy atom. The summed E-state index contributed by atoms with van der Waals surface area (Å²) >= 11 is 0. The number of likely N-dealkylation sites (tertiary alicyclic amines) is 1. The lowest BCUT2D eigenvalue weighted by Gasteiger charge is -2.25. The lowest BCUT2D eigenvalue weighted by atomic mass is 9.89. The fourth-order valence-corrected chi connectivity index (χ4v) is 4.12. The van der Waals surface area contributed by atoms with Gasteiger partial charge in [-0.3, -0.25) is 9.79 Å². The molecule has 0 aromatic heterocycles. The summed E-state index contributed by atoms with van der Waals surface area (Å²) in [5.74, 6) is 1.14. The highest BCUT2D eigenvalue weighted by Crippen LogP contribution is 2.32.